The average Bonchev–Trinajstić information content (AvgIpc) is 3.17. The van der Waals surface area contributed by atoms with Crippen LogP contribution in [0.15, 0.2) is 72.8 Å². The summed E-state index contributed by atoms with van der Waals surface area (Å²) in [5.41, 5.74) is 3.30. The molecule has 0 bridgehead atoms. The fourth-order valence-electron chi connectivity index (χ4n) is 3.98. The molecule has 2 N–H and O–H groups in total. The molecule has 3 amide bonds. The Balaban J connectivity index is 1.58. The third-order valence-corrected chi connectivity index (χ3v) is 5.76. The van der Waals surface area contributed by atoms with Gasteiger partial charge in [-0.1, -0.05) is 42.0 Å². The number of nitrogens with zero attached hydrogens (tertiary/aromatic N) is 1. The van der Waals surface area contributed by atoms with Gasteiger partial charge in [-0.25, -0.2) is 9.18 Å². The normalized spacial score (nSPS) is 17.1. The lowest BCUT2D eigenvalue weighted by molar-refractivity contribution is -0.126. The minimum Gasteiger partial charge on any atom is -0.438 e. The molecule has 3 aromatic rings. The first-order valence-electron chi connectivity index (χ1n) is 11.3. The Hall–Kier alpha value is -4.20. The maximum absolute atomic E-state index is 13.3. The highest BCUT2D eigenvalue weighted by Crippen LogP contribution is 2.35. The minimum atomic E-state index is -0.935. The quantitative estimate of drug-likeness (QED) is 0.524. The van der Waals surface area contributed by atoms with E-state index in [1.807, 2.05) is 19.1 Å². The van der Waals surface area contributed by atoms with E-state index in [-0.39, 0.29) is 24.2 Å². The largest absolute Gasteiger partial charge is 0.438 e. The maximum Gasteiger partial charge on any atom is 0.411 e. The molecule has 1 fully saturated rings. The molecular formula is C27H26FN3O4. The van der Waals surface area contributed by atoms with E-state index in [1.165, 1.54) is 17.0 Å². The zero-order chi connectivity index (χ0) is 24.9. The molecule has 0 aromatic heterocycles. The molecule has 8 heteroatoms. The molecule has 0 radical (unpaired) electrons. The number of ether oxygens (including phenoxy) is 1. The number of likely N-dealkylation sites (N-methyl/N-ethyl adjacent to an activating group) is 1. The van der Waals surface area contributed by atoms with Crippen molar-refractivity contribution in [1.82, 2.24) is 10.2 Å². The van der Waals surface area contributed by atoms with Crippen LogP contribution in [0.2, 0.25) is 0 Å². The number of anilines is 1. The lowest BCUT2D eigenvalue weighted by atomic mass is 10.00. The fourth-order valence-corrected chi connectivity index (χ4v) is 3.98. The van der Waals surface area contributed by atoms with Gasteiger partial charge in [0.25, 0.3) is 5.91 Å². The first kappa shape index (κ1) is 23.9. The molecule has 3 aromatic carbocycles. The summed E-state index contributed by atoms with van der Waals surface area (Å²) in [5, 5.41) is 5.61. The van der Waals surface area contributed by atoms with E-state index in [1.54, 1.807) is 55.5 Å². The van der Waals surface area contributed by atoms with Gasteiger partial charge in [0.1, 0.15) is 5.82 Å². The number of rotatable bonds is 7. The predicted octanol–water partition coefficient (Wildman–Crippen LogP) is 4.58. The van der Waals surface area contributed by atoms with Crippen molar-refractivity contribution in [2.24, 2.45) is 0 Å². The molecule has 1 heterocycles. The van der Waals surface area contributed by atoms with E-state index < -0.39 is 18.2 Å². The van der Waals surface area contributed by atoms with E-state index in [9.17, 15) is 18.8 Å². The van der Waals surface area contributed by atoms with Crippen molar-refractivity contribution >= 4 is 23.6 Å². The number of hydrogen-bond acceptors (Lipinski definition) is 4. The molecular weight excluding hydrogens is 449 g/mol. The number of amides is 3. The highest BCUT2D eigenvalue weighted by molar-refractivity contribution is 6.04. The van der Waals surface area contributed by atoms with E-state index in [0.717, 1.165) is 5.56 Å². The van der Waals surface area contributed by atoms with Gasteiger partial charge in [0.2, 0.25) is 5.91 Å². The van der Waals surface area contributed by atoms with Gasteiger partial charge in [0.05, 0.1) is 6.54 Å². The Morgan fingerprint density at radius 2 is 1.74 bits per heavy atom. The molecule has 180 valence electrons. The van der Waals surface area contributed by atoms with E-state index in [0.29, 0.717) is 28.9 Å². The summed E-state index contributed by atoms with van der Waals surface area (Å²) in [7, 11) is 0. The van der Waals surface area contributed by atoms with Crippen molar-refractivity contribution in [2.75, 3.05) is 11.9 Å². The van der Waals surface area contributed by atoms with Crippen LogP contribution < -0.4 is 10.6 Å². The van der Waals surface area contributed by atoms with E-state index in [4.69, 9.17) is 4.74 Å². The molecule has 0 spiro atoms. The van der Waals surface area contributed by atoms with Gasteiger partial charge in [-0.05, 0) is 61.4 Å². The summed E-state index contributed by atoms with van der Waals surface area (Å²) in [6.07, 6.45) is -1.53. The number of carbonyl (C=O) groups excluding carboxylic acids is 3. The van der Waals surface area contributed by atoms with Crippen LogP contribution in [0.3, 0.4) is 0 Å². The van der Waals surface area contributed by atoms with Crippen LogP contribution in [0.25, 0.3) is 0 Å². The van der Waals surface area contributed by atoms with E-state index >= 15 is 0 Å². The monoisotopic (exact) mass is 475 g/mol. The van der Waals surface area contributed by atoms with Crippen molar-refractivity contribution in [3.8, 4) is 0 Å². The zero-order valence-electron chi connectivity index (χ0n) is 19.5. The number of nitrogens with one attached hydrogen (secondary N) is 2. The van der Waals surface area contributed by atoms with Gasteiger partial charge in [0.15, 0.2) is 12.1 Å². The summed E-state index contributed by atoms with van der Waals surface area (Å²) in [5.74, 6) is -1.02. The van der Waals surface area contributed by atoms with Crippen LogP contribution in [0.5, 0.6) is 0 Å². The lowest BCUT2D eigenvalue weighted by Crippen LogP contribution is -2.46. The molecule has 2 atom stereocenters. The minimum absolute atomic E-state index is 0.0846. The number of cyclic esters (lactones) is 1. The molecule has 7 nitrogen and oxygen atoms in total. The van der Waals surface area contributed by atoms with Crippen LogP contribution >= 0.6 is 0 Å². The summed E-state index contributed by atoms with van der Waals surface area (Å²) < 4.78 is 19.0. The summed E-state index contributed by atoms with van der Waals surface area (Å²) in [4.78, 5) is 39.8. The van der Waals surface area contributed by atoms with Gasteiger partial charge < -0.3 is 15.4 Å². The van der Waals surface area contributed by atoms with Crippen molar-refractivity contribution in [1.29, 1.82) is 0 Å². The Labute approximate surface area is 202 Å². The van der Waals surface area contributed by atoms with Gasteiger partial charge in [-0.15, -0.1) is 0 Å². The number of benzene rings is 3. The van der Waals surface area contributed by atoms with Crippen molar-refractivity contribution in [3.05, 3.63) is 101 Å². The van der Waals surface area contributed by atoms with Crippen LogP contribution in [-0.4, -0.2) is 35.4 Å². The average molecular weight is 476 g/mol. The number of aryl methyl sites for hydroxylation is 1. The predicted molar refractivity (Wildman–Crippen MR) is 129 cm³/mol. The number of carbonyl (C=O) groups is 3. The number of hydrogen-bond donors (Lipinski definition) is 2. The smallest absolute Gasteiger partial charge is 0.411 e. The fraction of sp³-hybridized carbons (Fsp3) is 0.222. The molecule has 1 aliphatic heterocycles. The topological polar surface area (TPSA) is 87.7 Å². The van der Waals surface area contributed by atoms with Crippen LogP contribution in [-0.2, 0) is 16.1 Å². The third-order valence-electron chi connectivity index (χ3n) is 5.76. The second kappa shape index (κ2) is 10.4. The molecule has 2 unspecified atom stereocenters. The van der Waals surface area contributed by atoms with Gasteiger partial charge >= 0.3 is 6.09 Å². The Kier molecular flexibility index (Phi) is 7.10. The second-order valence-corrected chi connectivity index (χ2v) is 8.34. The maximum atomic E-state index is 13.3. The molecule has 1 saturated heterocycles. The summed E-state index contributed by atoms with van der Waals surface area (Å²) >= 11 is 0. The van der Waals surface area contributed by atoms with Crippen LogP contribution in [0, 0.1) is 12.7 Å². The Bertz CT molecular complexity index is 1230. The first-order valence-corrected chi connectivity index (χ1v) is 11.3. The SMILES string of the molecule is CCNC(=O)C1C(c2cccc(NC(=O)c3ccc(C)cc3)c2)OC(=O)N1Cc1ccc(F)cc1. The van der Waals surface area contributed by atoms with Crippen molar-refractivity contribution < 1.29 is 23.5 Å². The molecule has 0 saturated carbocycles. The van der Waals surface area contributed by atoms with Crippen molar-refractivity contribution in [2.45, 2.75) is 32.5 Å². The van der Waals surface area contributed by atoms with Gasteiger partial charge in [-0.3, -0.25) is 14.5 Å². The molecule has 4 rings (SSSR count). The van der Waals surface area contributed by atoms with Gasteiger partial charge in [-0.2, -0.15) is 0 Å². The molecule has 35 heavy (non-hydrogen) atoms. The summed E-state index contributed by atoms with van der Waals surface area (Å²) in [6, 6.07) is 18.9. The summed E-state index contributed by atoms with van der Waals surface area (Å²) in [6.45, 7) is 4.20. The lowest BCUT2D eigenvalue weighted by Gasteiger charge is -2.24. The first-order chi connectivity index (χ1) is 16.9. The highest BCUT2D eigenvalue weighted by Gasteiger charge is 2.46. The third kappa shape index (κ3) is 5.48. The molecule has 1 aliphatic rings. The molecule has 0 aliphatic carbocycles. The zero-order valence-corrected chi connectivity index (χ0v) is 19.5. The second-order valence-electron chi connectivity index (χ2n) is 8.34. The Morgan fingerprint density at radius 3 is 2.43 bits per heavy atom. The van der Waals surface area contributed by atoms with Crippen LogP contribution in [0.4, 0.5) is 14.9 Å². The van der Waals surface area contributed by atoms with Gasteiger partial charge in [0, 0.05) is 17.8 Å². The number of halogens is 1. The van der Waals surface area contributed by atoms with Crippen molar-refractivity contribution in [3.63, 3.8) is 0 Å². The van der Waals surface area contributed by atoms with Crippen LogP contribution in [0.1, 0.15) is 40.1 Å². The van der Waals surface area contributed by atoms with E-state index in [2.05, 4.69) is 10.6 Å². The highest BCUT2D eigenvalue weighted by atomic mass is 19.1. The standard InChI is InChI=1S/C27H26FN3O4/c1-3-29-26(33)23-24(35-27(34)31(23)16-18-9-13-21(28)14-10-18)20-5-4-6-22(15-20)30-25(32)19-11-7-17(2)8-12-19/h4-15,23-24H,3,16H2,1-2H3,(H,29,33)(H,30,32). The Morgan fingerprint density at radius 1 is 1.03 bits per heavy atom.